The number of aromatic nitrogens is 1. The molecule has 1 atom stereocenters. The third kappa shape index (κ3) is 4.23. The summed E-state index contributed by atoms with van der Waals surface area (Å²) in [4.78, 5) is 28.2. The van der Waals surface area contributed by atoms with Crippen LogP contribution >= 0.6 is 0 Å². The average Bonchev–Trinajstić information content (AvgIpc) is 3.19. The standard InChI is InChI=1S/C27H26N2O6/c1-15-14-21(31)24(27(32)35-15)23(19-7-5-9-22-26(19)34-13-12-33-22)25-18(10-11-28-16(2)30)17-6-3-4-8-20(17)29-25/h3-9,14,23,29,31H,10-13H2,1-2H3,(H,28,30). The van der Waals surface area contributed by atoms with Crippen LogP contribution in [0.1, 0.15) is 41.0 Å². The number of aryl methyl sites for hydroxylation is 1. The van der Waals surface area contributed by atoms with Crippen molar-refractivity contribution in [1.82, 2.24) is 10.3 Å². The molecule has 5 rings (SSSR count). The van der Waals surface area contributed by atoms with Crippen LogP contribution in [-0.4, -0.2) is 35.8 Å². The van der Waals surface area contributed by atoms with Crippen LogP contribution in [0.25, 0.3) is 10.9 Å². The molecule has 1 amide bonds. The highest BCUT2D eigenvalue weighted by molar-refractivity contribution is 5.85. The number of fused-ring (bicyclic) bond motifs is 2. The first kappa shape index (κ1) is 22.6. The van der Waals surface area contributed by atoms with Crippen LogP contribution in [0, 0.1) is 6.92 Å². The minimum atomic E-state index is -0.733. The van der Waals surface area contributed by atoms with E-state index in [9.17, 15) is 14.7 Å². The largest absolute Gasteiger partial charge is 0.507 e. The molecule has 3 heterocycles. The Labute approximate surface area is 201 Å². The Hall–Kier alpha value is -4.20. The van der Waals surface area contributed by atoms with Crippen LogP contribution in [-0.2, 0) is 11.2 Å². The zero-order chi connectivity index (χ0) is 24.5. The molecule has 0 saturated carbocycles. The van der Waals surface area contributed by atoms with Gasteiger partial charge in [0.05, 0.1) is 11.5 Å². The second kappa shape index (κ2) is 9.21. The monoisotopic (exact) mass is 474 g/mol. The third-order valence-corrected chi connectivity index (χ3v) is 6.17. The van der Waals surface area contributed by atoms with E-state index in [0.29, 0.717) is 54.7 Å². The fraction of sp³-hybridized carbons (Fsp3) is 0.259. The normalized spacial score (nSPS) is 13.5. The molecule has 1 unspecified atom stereocenters. The quantitative estimate of drug-likeness (QED) is 0.392. The summed E-state index contributed by atoms with van der Waals surface area (Å²) in [6, 6.07) is 14.8. The summed E-state index contributed by atoms with van der Waals surface area (Å²) in [7, 11) is 0. The van der Waals surface area contributed by atoms with Gasteiger partial charge in [-0.25, -0.2) is 4.79 Å². The van der Waals surface area contributed by atoms with E-state index in [2.05, 4.69) is 10.3 Å². The molecule has 1 aliphatic heterocycles. The lowest BCUT2D eigenvalue weighted by molar-refractivity contribution is -0.118. The molecule has 35 heavy (non-hydrogen) atoms. The smallest absolute Gasteiger partial charge is 0.343 e. The molecule has 0 bridgehead atoms. The lowest BCUT2D eigenvalue weighted by Gasteiger charge is -2.26. The third-order valence-electron chi connectivity index (χ3n) is 6.17. The van der Waals surface area contributed by atoms with Crippen molar-refractivity contribution in [2.45, 2.75) is 26.2 Å². The van der Waals surface area contributed by atoms with Crippen molar-refractivity contribution in [3.8, 4) is 17.2 Å². The topological polar surface area (TPSA) is 114 Å². The van der Waals surface area contributed by atoms with Crippen LogP contribution in [0.4, 0.5) is 0 Å². The van der Waals surface area contributed by atoms with E-state index in [0.717, 1.165) is 16.5 Å². The summed E-state index contributed by atoms with van der Waals surface area (Å²) in [6.07, 6.45) is 0.514. The Balaban J connectivity index is 1.79. The Bertz CT molecular complexity index is 1470. The lowest BCUT2D eigenvalue weighted by Crippen LogP contribution is -2.24. The van der Waals surface area contributed by atoms with E-state index >= 15 is 0 Å². The Morgan fingerprint density at radius 1 is 1.14 bits per heavy atom. The van der Waals surface area contributed by atoms with Crippen molar-refractivity contribution in [2.75, 3.05) is 19.8 Å². The summed E-state index contributed by atoms with van der Waals surface area (Å²) in [5.41, 5.74) is 2.65. The molecule has 0 saturated heterocycles. The van der Waals surface area contributed by atoms with Gasteiger partial charge in [0.2, 0.25) is 5.91 Å². The van der Waals surface area contributed by atoms with Crippen LogP contribution in [0.3, 0.4) is 0 Å². The number of para-hydroxylation sites is 2. The number of carbonyl (C=O) groups is 1. The fourth-order valence-electron chi connectivity index (χ4n) is 4.75. The maximum Gasteiger partial charge on any atom is 0.343 e. The summed E-state index contributed by atoms with van der Waals surface area (Å²) in [5, 5.41) is 14.8. The van der Waals surface area contributed by atoms with E-state index in [-0.39, 0.29) is 17.2 Å². The molecular formula is C27H26N2O6. The first-order valence-corrected chi connectivity index (χ1v) is 11.5. The number of aromatic hydroxyl groups is 1. The highest BCUT2D eigenvalue weighted by atomic mass is 16.6. The van der Waals surface area contributed by atoms with Gasteiger partial charge in [-0.3, -0.25) is 4.79 Å². The summed E-state index contributed by atoms with van der Waals surface area (Å²) in [6.45, 7) is 4.30. The second-order valence-corrected chi connectivity index (χ2v) is 8.54. The van der Waals surface area contributed by atoms with E-state index in [1.807, 2.05) is 42.5 Å². The minimum Gasteiger partial charge on any atom is -0.507 e. The summed E-state index contributed by atoms with van der Waals surface area (Å²) in [5.74, 6) is 0.391. The van der Waals surface area contributed by atoms with Gasteiger partial charge in [0.1, 0.15) is 24.7 Å². The summed E-state index contributed by atoms with van der Waals surface area (Å²) < 4.78 is 17.2. The van der Waals surface area contributed by atoms with E-state index in [1.165, 1.54) is 13.0 Å². The van der Waals surface area contributed by atoms with E-state index in [4.69, 9.17) is 13.9 Å². The molecule has 0 radical (unpaired) electrons. The molecule has 2 aromatic heterocycles. The van der Waals surface area contributed by atoms with E-state index < -0.39 is 11.5 Å². The predicted molar refractivity (Wildman–Crippen MR) is 130 cm³/mol. The maximum atomic E-state index is 13.2. The molecule has 8 heteroatoms. The molecule has 3 N–H and O–H groups in total. The average molecular weight is 475 g/mol. The zero-order valence-corrected chi connectivity index (χ0v) is 19.5. The SMILES string of the molecule is CC(=O)NCCc1c(C(c2cccc3c2OCCO3)c2c(O)cc(C)oc2=O)[nH]c2ccccc12. The van der Waals surface area contributed by atoms with Crippen LogP contribution < -0.4 is 20.4 Å². The molecule has 2 aromatic carbocycles. The zero-order valence-electron chi connectivity index (χ0n) is 19.5. The maximum absolute atomic E-state index is 13.2. The number of hydrogen-bond donors (Lipinski definition) is 3. The molecule has 4 aromatic rings. The van der Waals surface area contributed by atoms with Crippen molar-refractivity contribution in [3.63, 3.8) is 0 Å². The first-order valence-electron chi connectivity index (χ1n) is 11.5. The Morgan fingerprint density at radius 3 is 2.74 bits per heavy atom. The van der Waals surface area contributed by atoms with Gasteiger partial charge in [-0.05, 0) is 31.0 Å². The molecule has 8 nitrogen and oxygen atoms in total. The van der Waals surface area contributed by atoms with Gasteiger partial charge >= 0.3 is 5.63 Å². The van der Waals surface area contributed by atoms with Crippen LogP contribution in [0.15, 0.2) is 57.7 Å². The van der Waals surface area contributed by atoms with Gasteiger partial charge in [-0.15, -0.1) is 0 Å². The minimum absolute atomic E-state index is 0.102. The van der Waals surface area contributed by atoms with Gasteiger partial charge in [0, 0.05) is 41.7 Å². The number of H-pyrrole nitrogens is 1. The number of carbonyl (C=O) groups excluding carboxylic acids is 1. The Morgan fingerprint density at radius 2 is 1.94 bits per heavy atom. The first-order chi connectivity index (χ1) is 16.9. The molecule has 0 aliphatic carbocycles. The molecule has 0 fully saturated rings. The number of aromatic amines is 1. The van der Waals surface area contributed by atoms with Crippen molar-refractivity contribution in [1.29, 1.82) is 0 Å². The number of amides is 1. The van der Waals surface area contributed by atoms with Crippen LogP contribution in [0.2, 0.25) is 0 Å². The van der Waals surface area contributed by atoms with Gasteiger partial charge in [-0.2, -0.15) is 0 Å². The molecular weight excluding hydrogens is 448 g/mol. The number of ether oxygens (including phenoxy) is 2. The fourth-order valence-corrected chi connectivity index (χ4v) is 4.75. The Kier molecular flexibility index (Phi) is 5.94. The second-order valence-electron chi connectivity index (χ2n) is 8.54. The number of rotatable bonds is 6. The van der Waals surface area contributed by atoms with Crippen molar-refractivity contribution < 1.29 is 23.8 Å². The lowest BCUT2D eigenvalue weighted by atomic mass is 9.85. The number of nitrogens with one attached hydrogen (secondary N) is 2. The van der Waals surface area contributed by atoms with E-state index in [1.54, 1.807) is 6.92 Å². The van der Waals surface area contributed by atoms with Crippen LogP contribution in [0.5, 0.6) is 17.2 Å². The van der Waals surface area contributed by atoms with Crippen molar-refractivity contribution >= 4 is 16.8 Å². The van der Waals surface area contributed by atoms with Gasteiger partial charge in [-0.1, -0.05) is 30.3 Å². The van der Waals surface area contributed by atoms with Gasteiger partial charge in [0.15, 0.2) is 11.5 Å². The predicted octanol–water partition coefficient (Wildman–Crippen LogP) is 3.77. The molecule has 0 spiro atoms. The summed E-state index contributed by atoms with van der Waals surface area (Å²) >= 11 is 0. The number of benzene rings is 2. The van der Waals surface area contributed by atoms with Gasteiger partial charge in [0.25, 0.3) is 0 Å². The molecule has 1 aliphatic rings. The van der Waals surface area contributed by atoms with Crippen molar-refractivity contribution in [3.05, 3.63) is 87.1 Å². The number of hydrogen-bond acceptors (Lipinski definition) is 6. The highest BCUT2D eigenvalue weighted by Crippen LogP contribution is 2.45. The molecule has 180 valence electrons. The highest BCUT2D eigenvalue weighted by Gasteiger charge is 2.33. The van der Waals surface area contributed by atoms with Crippen molar-refractivity contribution in [2.24, 2.45) is 0 Å². The van der Waals surface area contributed by atoms with Gasteiger partial charge < -0.3 is 29.3 Å².